The molecule has 0 aliphatic rings. The Labute approximate surface area is 90.2 Å². The normalized spacial score (nSPS) is 13.1. The predicted octanol–water partition coefficient (Wildman–Crippen LogP) is 3.12. The Bertz CT molecular complexity index is 260. The largest absolute Gasteiger partial charge is 0.465 e. The van der Waals surface area contributed by atoms with E-state index in [4.69, 9.17) is 10.2 Å². The van der Waals surface area contributed by atoms with E-state index in [0.717, 1.165) is 17.3 Å². The third kappa shape index (κ3) is 3.39. The minimum Gasteiger partial charge on any atom is -0.465 e. The van der Waals surface area contributed by atoms with Gasteiger partial charge in [-0.05, 0) is 31.2 Å². The van der Waals surface area contributed by atoms with Crippen molar-refractivity contribution >= 4 is 11.8 Å². The van der Waals surface area contributed by atoms with Crippen LogP contribution in [0.5, 0.6) is 0 Å². The highest BCUT2D eigenvalue weighted by atomic mass is 32.2. The second-order valence-corrected chi connectivity index (χ2v) is 4.71. The Morgan fingerprint density at radius 3 is 2.79 bits per heavy atom. The van der Waals surface area contributed by atoms with Crippen LogP contribution in [0.2, 0.25) is 0 Å². The van der Waals surface area contributed by atoms with Crippen LogP contribution in [0.4, 0.5) is 0 Å². The topological polar surface area (TPSA) is 39.2 Å². The van der Waals surface area contributed by atoms with E-state index in [1.165, 1.54) is 12.8 Å². The molecule has 0 aliphatic heterocycles. The molecule has 0 saturated carbocycles. The molecule has 1 heterocycles. The summed E-state index contributed by atoms with van der Waals surface area (Å²) in [6.45, 7) is 4.82. The van der Waals surface area contributed by atoms with E-state index in [0.29, 0.717) is 11.8 Å². The van der Waals surface area contributed by atoms with Crippen LogP contribution in [0.25, 0.3) is 0 Å². The van der Waals surface area contributed by atoms with Gasteiger partial charge in [0.15, 0.2) is 0 Å². The number of hydrogen-bond donors (Lipinski definition) is 1. The molecule has 2 nitrogen and oxygen atoms in total. The van der Waals surface area contributed by atoms with Crippen LogP contribution in [0, 0.1) is 6.92 Å². The van der Waals surface area contributed by atoms with Crippen molar-refractivity contribution in [3.05, 3.63) is 23.7 Å². The minimum absolute atomic E-state index is 0.329. The molecule has 0 spiro atoms. The summed E-state index contributed by atoms with van der Waals surface area (Å²) in [7, 11) is 0. The molecule has 0 aromatic carbocycles. The van der Waals surface area contributed by atoms with Crippen LogP contribution in [0.15, 0.2) is 16.5 Å². The summed E-state index contributed by atoms with van der Waals surface area (Å²) < 4.78 is 5.57. The highest BCUT2D eigenvalue weighted by Crippen LogP contribution is 2.29. The fourth-order valence-electron chi connectivity index (χ4n) is 1.26. The number of furan rings is 1. The fourth-order valence-corrected chi connectivity index (χ4v) is 2.43. The van der Waals surface area contributed by atoms with Crippen LogP contribution in [0.1, 0.15) is 36.5 Å². The number of aryl methyl sites for hydroxylation is 1. The average Bonchev–Trinajstić information content (AvgIpc) is 2.60. The maximum atomic E-state index is 5.72. The van der Waals surface area contributed by atoms with Gasteiger partial charge in [0.05, 0.1) is 5.25 Å². The highest BCUT2D eigenvalue weighted by molar-refractivity contribution is 7.99. The van der Waals surface area contributed by atoms with Crippen LogP contribution in [0.3, 0.4) is 0 Å². The average molecular weight is 213 g/mol. The lowest BCUT2D eigenvalue weighted by Gasteiger charge is -2.10. The van der Waals surface area contributed by atoms with Crippen molar-refractivity contribution in [2.45, 2.75) is 31.9 Å². The molecule has 1 rings (SSSR count). The SMILES string of the molecule is CCCCSC(CN)c1ccc(C)o1. The van der Waals surface area contributed by atoms with Crippen LogP contribution < -0.4 is 5.73 Å². The van der Waals surface area contributed by atoms with Gasteiger partial charge in [0.25, 0.3) is 0 Å². The van der Waals surface area contributed by atoms with E-state index in [-0.39, 0.29) is 0 Å². The van der Waals surface area contributed by atoms with Crippen LogP contribution >= 0.6 is 11.8 Å². The Kier molecular flexibility index (Phi) is 5.12. The molecule has 0 radical (unpaired) electrons. The maximum Gasteiger partial charge on any atom is 0.118 e. The number of unbranched alkanes of at least 4 members (excludes halogenated alkanes) is 1. The zero-order chi connectivity index (χ0) is 10.4. The Hall–Kier alpha value is -0.410. The first-order valence-electron chi connectivity index (χ1n) is 5.16. The van der Waals surface area contributed by atoms with Crippen molar-refractivity contribution in [1.82, 2.24) is 0 Å². The Morgan fingerprint density at radius 1 is 1.50 bits per heavy atom. The van der Waals surface area contributed by atoms with Crippen molar-refractivity contribution in [1.29, 1.82) is 0 Å². The van der Waals surface area contributed by atoms with E-state index in [1.54, 1.807) is 0 Å². The molecule has 0 saturated heterocycles. The van der Waals surface area contributed by atoms with Gasteiger partial charge in [-0.15, -0.1) is 11.8 Å². The predicted molar refractivity (Wildman–Crippen MR) is 62.6 cm³/mol. The molecule has 2 N–H and O–H groups in total. The maximum absolute atomic E-state index is 5.72. The van der Waals surface area contributed by atoms with E-state index in [2.05, 4.69) is 6.92 Å². The minimum atomic E-state index is 0.329. The third-order valence-corrected chi connectivity index (χ3v) is 3.46. The number of rotatable bonds is 6. The summed E-state index contributed by atoms with van der Waals surface area (Å²) in [5.74, 6) is 3.15. The number of hydrogen-bond acceptors (Lipinski definition) is 3. The van der Waals surface area contributed by atoms with Crippen molar-refractivity contribution in [3.63, 3.8) is 0 Å². The second kappa shape index (κ2) is 6.14. The monoisotopic (exact) mass is 213 g/mol. The van der Waals surface area contributed by atoms with Crippen molar-refractivity contribution in [2.24, 2.45) is 5.73 Å². The van der Waals surface area contributed by atoms with Gasteiger partial charge in [0.2, 0.25) is 0 Å². The molecule has 80 valence electrons. The van der Waals surface area contributed by atoms with Crippen molar-refractivity contribution < 1.29 is 4.42 Å². The molecular formula is C11H19NOS. The summed E-state index contributed by atoms with van der Waals surface area (Å²) in [4.78, 5) is 0. The van der Waals surface area contributed by atoms with Gasteiger partial charge in [0, 0.05) is 6.54 Å². The molecule has 1 aromatic rings. The molecule has 1 aromatic heterocycles. The molecular weight excluding hydrogens is 194 g/mol. The summed E-state index contributed by atoms with van der Waals surface area (Å²) in [6.07, 6.45) is 2.49. The van der Waals surface area contributed by atoms with Crippen LogP contribution in [-0.2, 0) is 0 Å². The Morgan fingerprint density at radius 2 is 2.29 bits per heavy atom. The van der Waals surface area contributed by atoms with Crippen LogP contribution in [-0.4, -0.2) is 12.3 Å². The second-order valence-electron chi connectivity index (χ2n) is 3.40. The highest BCUT2D eigenvalue weighted by Gasteiger charge is 2.13. The lowest BCUT2D eigenvalue weighted by Crippen LogP contribution is -2.09. The smallest absolute Gasteiger partial charge is 0.118 e. The molecule has 0 aliphatic carbocycles. The Balaban J connectivity index is 2.45. The standard InChI is InChI=1S/C11H19NOS/c1-3-4-7-14-11(8-12)10-6-5-9(2)13-10/h5-6,11H,3-4,7-8,12H2,1-2H3. The van der Waals surface area contributed by atoms with Crippen molar-refractivity contribution in [3.8, 4) is 0 Å². The van der Waals surface area contributed by atoms with E-state index in [1.807, 2.05) is 30.8 Å². The summed E-state index contributed by atoms with van der Waals surface area (Å²) in [5, 5.41) is 0.329. The molecule has 1 atom stereocenters. The first-order chi connectivity index (χ1) is 6.77. The van der Waals surface area contributed by atoms with E-state index >= 15 is 0 Å². The van der Waals surface area contributed by atoms with Gasteiger partial charge in [-0.2, -0.15) is 0 Å². The quantitative estimate of drug-likeness (QED) is 0.738. The van der Waals surface area contributed by atoms with Gasteiger partial charge in [0.1, 0.15) is 11.5 Å². The summed E-state index contributed by atoms with van der Waals surface area (Å²) in [5.41, 5.74) is 5.72. The van der Waals surface area contributed by atoms with E-state index in [9.17, 15) is 0 Å². The first-order valence-corrected chi connectivity index (χ1v) is 6.20. The zero-order valence-electron chi connectivity index (χ0n) is 8.95. The van der Waals surface area contributed by atoms with Crippen molar-refractivity contribution in [2.75, 3.05) is 12.3 Å². The molecule has 0 bridgehead atoms. The van der Waals surface area contributed by atoms with Gasteiger partial charge in [-0.3, -0.25) is 0 Å². The lowest BCUT2D eigenvalue weighted by molar-refractivity contribution is 0.481. The zero-order valence-corrected chi connectivity index (χ0v) is 9.77. The lowest BCUT2D eigenvalue weighted by atomic mass is 10.3. The van der Waals surface area contributed by atoms with Gasteiger partial charge < -0.3 is 10.2 Å². The fraction of sp³-hybridized carbons (Fsp3) is 0.636. The number of nitrogens with two attached hydrogens (primary N) is 1. The molecule has 0 amide bonds. The van der Waals surface area contributed by atoms with Gasteiger partial charge >= 0.3 is 0 Å². The van der Waals surface area contributed by atoms with E-state index < -0.39 is 0 Å². The number of thioether (sulfide) groups is 1. The summed E-state index contributed by atoms with van der Waals surface area (Å²) >= 11 is 1.89. The van der Waals surface area contributed by atoms with Gasteiger partial charge in [-0.1, -0.05) is 13.3 Å². The molecule has 3 heteroatoms. The molecule has 14 heavy (non-hydrogen) atoms. The van der Waals surface area contributed by atoms with Gasteiger partial charge in [-0.25, -0.2) is 0 Å². The molecule has 1 unspecified atom stereocenters. The third-order valence-electron chi connectivity index (χ3n) is 2.11. The summed E-state index contributed by atoms with van der Waals surface area (Å²) in [6, 6.07) is 4.03. The first kappa shape index (κ1) is 11.7. The molecule has 0 fully saturated rings.